The topological polar surface area (TPSA) is 51.3 Å². The monoisotopic (exact) mass is 321 g/mol. The minimum atomic E-state index is 0. The van der Waals surface area contributed by atoms with Gasteiger partial charge >= 0.3 is 0 Å². The normalized spacial score (nSPS) is 11.7. The number of hydrogen-bond donors (Lipinski definition) is 1. The lowest BCUT2D eigenvalue weighted by Crippen LogP contribution is -2.39. The van der Waals surface area contributed by atoms with Gasteiger partial charge in [-0.05, 0) is 39.0 Å². The van der Waals surface area contributed by atoms with Gasteiger partial charge in [0.05, 0.1) is 5.56 Å². The molecule has 0 aliphatic carbocycles. The first-order valence-electron chi connectivity index (χ1n) is 7.19. The van der Waals surface area contributed by atoms with Crippen molar-refractivity contribution in [2.24, 2.45) is 5.73 Å². The van der Waals surface area contributed by atoms with Crippen LogP contribution in [0.25, 0.3) is 5.69 Å². The Morgan fingerprint density at radius 3 is 2.41 bits per heavy atom. The van der Waals surface area contributed by atoms with E-state index in [9.17, 15) is 4.79 Å². The Hall–Kier alpha value is -1.78. The second-order valence-electron chi connectivity index (χ2n) is 5.46. The first-order chi connectivity index (χ1) is 9.97. The number of hydrogen-bond acceptors (Lipinski definition) is 2. The molecule has 0 fully saturated rings. The SMILES string of the molecule is Cc1cc(C(=O)N(C)C(C)CN)c(C)n1-c1ccccc1.Cl. The lowest BCUT2D eigenvalue weighted by atomic mass is 10.2. The van der Waals surface area contributed by atoms with Crippen LogP contribution in [-0.2, 0) is 0 Å². The van der Waals surface area contributed by atoms with Gasteiger partial charge in [-0.2, -0.15) is 0 Å². The van der Waals surface area contributed by atoms with Gasteiger partial charge in [0.25, 0.3) is 5.91 Å². The van der Waals surface area contributed by atoms with Gasteiger partial charge in [0.15, 0.2) is 0 Å². The summed E-state index contributed by atoms with van der Waals surface area (Å²) in [6, 6.07) is 12.0. The van der Waals surface area contributed by atoms with Gasteiger partial charge in [-0.25, -0.2) is 0 Å². The molecule has 0 saturated heterocycles. The fourth-order valence-electron chi connectivity index (χ4n) is 2.50. The van der Waals surface area contributed by atoms with E-state index in [1.54, 1.807) is 11.9 Å². The lowest BCUT2D eigenvalue weighted by Gasteiger charge is -2.23. The molecular formula is C17H24ClN3O. The van der Waals surface area contributed by atoms with Crippen LogP contribution in [0.15, 0.2) is 36.4 Å². The summed E-state index contributed by atoms with van der Waals surface area (Å²) in [4.78, 5) is 14.3. The molecular weight excluding hydrogens is 298 g/mol. The average Bonchev–Trinajstić information content (AvgIpc) is 2.80. The predicted octanol–water partition coefficient (Wildman–Crippen LogP) is 2.94. The second-order valence-corrected chi connectivity index (χ2v) is 5.46. The minimum absolute atomic E-state index is 0. The molecule has 2 N–H and O–H groups in total. The smallest absolute Gasteiger partial charge is 0.255 e. The Labute approximate surface area is 138 Å². The number of halogens is 1. The van der Waals surface area contributed by atoms with Crippen molar-refractivity contribution in [3.05, 3.63) is 53.3 Å². The molecule has 2 aromatic rings. The quantitative estimate of drug-likeness (QED) is 0.941. The molecule has 5 heteroatoms. The molecule has 120 valence electrons. The van der Waals surface area contributed by atoms with E-state index in [4.69, 9.17) is 5.73 Å². The van der Waals surface area contributed by atoms with E-state index in [0.29, 0.717) is 6.54 Å². The first-order valence-corrected chi connectivity index (χ1v) is 7.19. The third-order valence-electron chi connectivity index (χ3n) is 4.00. The summed E-state index contributed by atoms with van der Waals surface area (Å²) in [5, 5.41) is 0. The second kappa shape index (κ2) is 7.47. The molecule has 1 amide bonds. The maximum absolute atomic E-state index is 12.6. The van der Waals surface area contributed by atoms with Gasteiger partial charge < -0.3 is 15.2 Å². The molecule has 0 spiro atoms. The molecule has 1 unspecified atom stereocenters. The molecule has 1 aromatic heterocycles. The fourth-order valence-corrected chi connectivity index (χ4v) is 2.50. The summed E-state index contributed by atoms with van der Waals surface area (Å²) in [6.07, 6.45) is 0. The maximum atomic E-state index is 12.6. The standard InChI is InChI=1S/C17H23N3O.ClH/c1-12-10-16(17(21)19(4)13(2)11-18)14(3)20(12)15-8-6-5-7-9-15;/h5-10,13H,11,18H2,1-4H3;1H. The molecule has 2 rings (SSSR count). The summed E-state index contributed by atoms with van der Waals surface area (Å²) in [5.41, 5.74) is 9.47. The average molecular weight is 322 g/mol. The summed E-state index contributed by atoms with van der Waals surface area (Å²) < 4.78 is 2.11. The van der Waals surface area contributed by atoms with Crippen molar-refractivity contribution in [2.45, 2.75) is 26.8 Å². The Balaban J connectivity index is 0.00000242. The number of carbonyl (C=O) groups is 1. The van der Waals surface area contributed by atoms with Crippen LogP contribution < -0.4 is 5.73 Å². The van der Waals surface area contributed by atoms with Crippen molar-refractivity contribution in [3.63, 3.8) is 0 Å². The summed E-state index contributed by atoms with van der Waals surface area (Å²) in [5.74, 6) is 0.0169. The Bertz CT molecular complexity index is 637. The molecule has 0 aliphatic rings. The van der Waals surface area contributed by atoms with Gasteiger partial charge in [-0.3, -0.25) is 4.79 Å². The van der Waals surface area contributed by atoms with E-state index in [-0.39, 0.29) is 24.4 Å². The highest BCUT2D eigenvalue weighted by Gasteiger charge is 2.22. The van der Waals surface area contributed by atoms with Crippen LogP contribution in [-0.4, -0.2) is 35.0 Å². The van der Waals surface area contributed by atoms with Crippen LogP contribution in [0.5, 0.6) is 0 Å². The van der Waals surface area contributed by atoms with Crippen molar-refractivity contribution in [1.82, 2.24) is 9.47 Å². The highest BCUT2D eigenvalue weighted by molar-refractivity contribution is 5.96. The number of para-hydroxylation sites is 1. The number of carbonyl (C=O) groups excluding carboxylic acids is 1. The van der Waals surface area contributed by atoms with Crippen LogP contribution in [0.3, 0.4) is 0 Å². The molecule has 1 aromatic carbocycles. The van der Waals surface area contributed by atoms with Gasteiger partial charge in [0, 0.05) is 36.7 Å². The predicted molar refractivity (Wildman–Crippen MR) is 93.1 cm³/mol. The molecule has 1 atom stereocenters. The molecule has 22 heavy (non-hydrogen) atoms. The summed E-state index contributed by atoms with van der Waals surface area (Å²) >= 11 is 0. The minimum Gasteiger partial charge on any atom is -0.338 e. The molecule has 0 bridgehead atoms. The number of rotatable bonds is 4. The number of aryl methyl sites for hydroxylation is 1. The Morgan fingerprint density at radius 1 is 1.27 bits per heavy atom. The first kappa shape index (κ1) is 18.3. The largest absolute Gasteiger partial charge is 0.338 e. The van der Waals surface area contributed by atoms with Crippen LogP contribution in [0.2, 0.25) is 0 Å². The van der Waals surface area contributed by atoms with Gasteiger partial charge in [-0.15, -0.1) is 12.4 Å². The van der Waals surface area contributed by atoms with E-state index in [1.165, 1.54) is 0 Å². The molecule has 0 saturated carbocycles. The Kier molecular flexibility index (Phi) is 6.21. The number of aromatic nitrogens is 1. The zero-order valence-electron chi connectivity index (χ0n) is 13.5. The van der Waals surface area contributed by atoms with Crippen LogP contribution in [0.1, 0.15) is 28.7 Å². The van der Waals surface area contributed by atoms with E-state index in [0.717, 1.165) is 22.6 Å². The van der Waals surface area contributed by atoms with E-state index < -0.39 is 0 Å². The van der Waals surface area contributed by atoms with Crippen molar-refractivity contribution in [1.29, 1.82) is 0 Å². The number of amides is 1. The van der Waals surface area contributed by atoms with Crippen molar-refractivity contribution < 1.29 is 4.79 Å². The van der Waals surface area contributed by atoms with Gasteiger partial charge in [0.2, 0.25) is 0 Å². The number of nitrogens with zero attached hydrogens (tertiary/aromatic N) is 2. The summed E-state index contributed by atoms with van der Waals surface area (Å²) in [7, 11) is 1.80. The maximum Gasteiger partial charge on any atom is 0.255 e. The van der Waals surface area contributed by atoms with Crippen LogP contribution in [0, 0.1) is 13.8 Å². The molecule has 4 nitrogen and oxygen atoms in total. The number of benzene rings is 1. The summed E-state index contributed by atoms with van der Waals surface area (Å²) in [6.45, 7) is 6.41. The van der Waals surface area contributed by atoms with Crippen LogP contribution >= 0.6 is 12.4 Å². The van der Waals surface area contributed by atoms with Crippen molar-refractivity contribution in [2.75, 3.05) is 13.6 Å². The zero-order chi connectivity index (χ0) is 15.6. The van der Waals surface area contributed by atoms with Crippen molar-refractivity contribution in [3.8, 4) is 5.69 Å². The number of likely N-dealkylation sites (N-methyl/N-ethyl adjacent to an activating group) is 1. The van der Waals surface area contributed by atoms with E-state index >= 15 is 0 Å². The van der Waals surface area contributed by atoms with Crippen LogP contribution in [0.4, 0.5) is 0 Å². The zero-order valence-corrected chi connectivity index (χ0v) is 14.4. The molecule has 0 aliphatic heterocycles. The van der Waals surface area contributed by atoms with E-state index in [2.05, 4.69) is 4.57 Å². The third-order valence-corrected chi connectivity index (χ3v) is 4.00. The van der Waals surface area contributed by atoms with E-state index in [1.807, 2.05) is 57.2 Å². The molecule has 0 radical (unpaired) electrons. The number of nitrogens with two attached hydrogens (primary N) is 1. The highest BCUT2D eigenvalue weighted by atomic mass is 35.5. The fraction of sp³-hybridized carbons (Fsp3) is 0.353. The van der Waals surface area contributed by atoms with Gasteiger partial charge in [0.1, 0.15) is 0 Å². The van der Waals surface area contributed by atoms with Crippen molar-refractivity contribution >= 4 is 18.3 Å². The van der Waals surface area contributed by atoms with Gasteiger partial charge in [-0.1, -0.05) is 18.2 Å². The third kappa shape index (κ3) is 3.34. The Morgan fingerprint density at radius 2 is 1.86 bits per heavy atom. The highest BCUT2D eigenvalue weighted by Crippen LogP contribution is 2.22. The molecule has 1 heterocycles. The lowest BCUT2D eigenvalue weighted by molar-refractivity contribution is 0.0747.